The molecular weight excluding hydrogens is 318 g/mol. The summed E-state index contributed by atoms with van der Waals surface area (Å²) in [5.74, 6) is 1.03. The summed E-state index contributed by atoms with van der Waals surface area (Å²) in [6.07, 6.45) is 0. The summed E-state index contributed by atoms with van der Waals surface area (Å²) in [6.45, 7) is 0. The van der Waals surface area contributed by atoms with Gasteiger partial charge >= 0.3 is 0 Å². The van der Waals surface area contributed by atoms with Crippen LogP contribution in [0.25, 0.3) is 34.2 Å². The van der Waals surface area contributed by atoms with Crippen molar-refractivity contribution < 1.29 is 0 Å². The molecule has 0 aliphatic heterocycles. The highest BCUT2D eigenvalue weighted by Gasteiger charge is 2.12. The molecule has 0 fully saturated rings. The van der Waals surface area contributed by atoms with Crippen molar-refractivity contribution in [1.29, 1.82) is 0 Å². The first kappa shape index (κ1) is 14.5. The van der Waals surface area contributed by atoms with E-state index < -0.39 is 0 Å². The van der Waals surface area contributed by atoms with E-state index >= 15 is 0 Å². The largest absolute Gasteiger partial charge is 0.279 e. The van der Waals surface area contributed by atoms with Gasteiger partial charge in [0.05, 0.1) is 11.4 Å². The molecule has 0 unspecified atom stereocenters. The Morgan fingerprint density at radius 3 is 1.67 bits per heavy atom. The van der Waals surface area contributed by atoms with Crippen LogP contribution in [-0.2, 0) is 0 Å². The number of rotatable bonds is 3. The minimum atomic E-state index is 0.375. The van der Waals surface area contributed by atoms with E-state index in [1.807, 2.05) is 66.7 Å². The maximum atomic E-state index is 5.03. The Labute approximate surface area is 143 Å². The molecule has 0 spiro atoms. The summed E-state index contributed by atoms with van der Waals surface area (Å²) in [4.78, 5) is 13.5. The van der Waals surface area contributed by atoms with Crippen molar-refractivity contribution in [2.75, 3.05) is 0 Å². The zero-order valence-electron chi connectivity index (χ0n) is 12.6. The van der Waals surface area contributed by atoms with Crippen molar-refractivity contribution in [3.8, 4) is 34.2 Å². The van der Waals surface area contributed by atoms with Crippen LogP contribution >= 0.6 is 12.2 Å². The Morgan fingerprint density at radius 2 is 1.21 bits per heavy atom. The van der Waals surface area contributed by atoms with Crippen LogP contribution in [0.15, 0.2) is 66.7 Å². The van der Waals surface area contributed by atoms with E-state index in [2.05, 4.69) is 25.1 Å². The first-order valence-electron chi connectivity index (χ1n) is 7.44. The third-order valence-electron chi connectivity index (χ3n) is 3.58. The Balaban J connectivity index is 1.93. The summed E-state index contributed by atoms with van der Waals surface area (Å²) >= 11 is 5.03. The Morgan fingerprint density at radius 1 is 0.667 bits per heavy atom. The molecule has 2 aromatic heterocycles. The molecule has 0 bridgehead atoms. The zero-order valence-corrected chi connectivity index (χ0v) is 13.4. The highest BCUT2D eigenvalue weighted by molar-refractivity contribution is 7.71. The van der Waals surface area contributed by atoms with Gasteiger partial charge in [0, 0.05) is 11.1 Å². The van der Waals surface area contributed by atoms with E-state index in [0.29, 0.717) is 16.4 Å². The second-order valence-corrected chi connectivity index (χ2v) is 5.60. The van der Waals surface area contributed by atoms with Crippen LogP contribution in [0.2, 0.25) is 0 Å². The Hall–Kier alpha value is -3.12. The van der Waals surface area contributed by atoms with Crippen molar-refractivity contribution >= 4 is 12.2 Å². The van der Waals surface area contributed by atoms with E-state index in [4.69, 9.17) is 12.2 Å². The van der Waals surface area contributed by atoms with Crippen LogP contribution in [-0.4, -0.2) is 25.1 Å². The maximum Gasteiger partial charge on any atom is 0.213 e. The number of aromatic amines is 2. The van der Waals surface area contributed by atoms with Crippen LogP contribution in [0.1, 0.15) is 0 Å². The number of hydrogen-bond acceptors (Lipinski definition) is 4. The van der Waals surface area contributed by atoms with E-state index in [0.717, 1.165) is 22.5 Å². The monoisotopic (exact) mass is 331 g/mol. The third kappa shape index (κ3) is 2.87. The second-order valence-electron chi connectivity index (χ2n) is 5.21. The van der Waals surface area contributed by atoms with Crippen LogP contribution in [0, 0.1) is 4.77 Å². The number of aromatic nitrogens is 5. The molecule has 0 radical (unpaired) electrons. The topological polar surface area (TPSA) is 70.2 Å². The van der Waals surface area contributed by atoms with Gasteiger partial charge in [-0.25, -0.2) is 9.97 Å². The molecule has 0 saturated carbocycles. The van der Waals surface area contributed by atoms with Gasteiger partial charge in [0.25, 0.3) is 0 Å². The summed E-state index contributed by atoms with van der Waals surface area (Å²) in [6, 6.07) is 22.0. The normalized spacial score (nSPS) is 10.7. The standard InChI is InChI=1S/C18H13N5S/c24-18-21-17(22-23-18)16-19-14(12-7-3-1-4-8-12)11-15(20-16)13-9-5-2-6-10-13/h1-11H,(H2,21,22,23,24). The SMILES string of the molecule is S=c1nc(-c2nc(-c3ccccc3)cc(-c3ccccc3)n2)[nH][nH]1. The fraction of sp³-hybridized carbons (Fsp3) is 0. The first-order chi connectivity index (χ1) is 11.8. The lowest BCUT2D eigenvalue weighted by Gasteiger charge is -2.07. The predicted molar refractivity (Wildman–Crippen MR) is 95.7 cm³/mol. The van der Waals surface area contributed by atoms with Gasteiger partial charge in [0.2, 0.25) is 4.77 Å². The molecule has 0 saturated heterocycles. The molecule has 2 N–H and O–H groups in total. The van der Waals surface area contributed by atoms with Gasteiger partial charge in [-0.3, -0.25) is 10.2 Å². The fourth-order valence-electron chi connectivity index (χ4n) is 2.44. The minimum Gasteiger partial charge on any atom is -0.279 e. The highest BCUT2D eigenvalue weighted by Crippen LogP contribution is 2.25. The smallest absolute Gasteiger partial charge is 0.213 e. The van der Waals surface area contributed by atoms with E-state index in [1.54, 1.807) is 0 Å². The predicted octanol–water partition coefficient (Wildman–Crippen LogP) is 4.26. The lowest BCUT2D eigenvalue weighted by atomic mass is 10.1. The van der Waals surface area contributed by atoms with Crippen molar-refractivity contribution in [3.63, 3.8) is 0 Å². The third-order valence-corrected chi connectivity index (χ3v) is 3.77. The number of nitrogens with zero attached hydrogens (tertiary/aromatic N) is 3. The van der Waals surface area contributed by atoms with Crippen molar-refractivity contribution in [1.82, 2.24) is 25.1 Å². The Bertz CT molecular complexity index is 964. The number of hydrogen-bond donors (Lipinski definition) is 2. The lowest BCUT2D eigenvalue weighted by molar-refractivity contribution is 1.06. The molecule has 2 heterocycles. The van der Waals surface area contributed by atoms with Crippen molar-refractivity contribution in [2.45, 2.75) is 0 Å². The molecular formula is C18H13N5S. The van der Waals surface area contributed by atoms with Gasteiger partial charge in [-0.15, -0.1) is 0 Å². The molecule has 5 nitrogen and oxygen atoms in total. The van der Waals surface area contributed by atoms with E-state index in [1.165, 1.54) is 0 Å². The average molecular weight is 331 g/mol. The second kappa shape index (κ2) is 6.17. The van der Waals surface area contributed by atoms with E-state index in [9.17, 15) is 0 Å². The zero-order chi connectivity index (χ0) is 16.4. The van der Waals surface area contributed by atoms with E-state index in [-0.39, 0.29) is 0 Å². The molecule has 0 atom stereocenters. The van der Waals surface area contributed by atoms with Gasteiger partial charge in [-0.1, -0.05) is 60.7 Å². The molecule has 6 heteroatoms. The fourth-order valence-corrected chi connectivity index (χ4v) is 2.59. The van der Waals surface area contributed by atoms with Crippen LogP contribution in [0.3, 0.4) is 0 Å². The summed E-state index contributed by atoms with van der Waals surface area (Å²) in [7, 11) is 0. The summed E-state index contributed by atoms with van der Waals surface area (Å²) in [5.41, 5.74) is 3.71. The van der Waals surface area contributed by atoms with Gasteiger partial charge in [-0.2, -0.15) is 4.98 Å². The summed E-state index contributed by atoms with van der Waals surface area (Å²) in [5, 5.41) is 5.70. The molecule has 4 aromatic rings. The quantitative estimate of drug-likeness (QED) is 0.550. The van der Waals surface area contributed by atoms with Gasteiger partial charge in [0.1, 0.15) is 0 Å². The van der Waals surface area contributed by atoms with Crippen molar-refractivity contribution in [3.05, 3.63) is 71.5 Å². The van der Waals surface area contributed by atoms with Gasteiger partial charge in [-0.05, 0) is 18.3 Å². The van der Waals surface area contributed by atoms with Gasteiger partial charge in [0.15, 0.2) is 11.6 Å². The molecule has 0 aliphatic carbocycles. The lowest BCUT2D eigenvalue weighted by Crippen LogP contribution is -1.97. The summed E-state index contributed by atoms with van der Waals surface area (Å²) < 4.78 is 0.375. The molecule has 2 aromatic carbocycles. The van der Waals surface area contributed by atoms with Crippen LogP contribution in [0.4, 0.5) is 0 Å². The molecule has 4 rings (SSSR count). The van der Waals surface area contributed by atoms with Crippen molar-refractivity contribution in [2.24, 2.45) is 0 Å². The highest BCUT2D eigenvalue weighted by atomic mass is 32.1. The van der Waals surface area contributed by atoms with Gasteiger partial charge < -0.3 is 0 Å². The number of benzene rings is 2. The Kier molecular flexibility index (Phi) is 3.72. The average Bonchev–Trinajstić information content (AvgIpc) is 3.09. The molecule has 116 valence electrons. The van der Waals surface area contributed by atoms with Crippen LogP contribution < -0.4 is 0 Å². The minimum absolute atomic E-state index is 0.375. The molecule has 24 heavy (non-hydrogen) atoms. The first-order valence-corrected chi connectivity index (χ1v) is 7.85. The molecule has 0 aliphatic rings. The van der Waals surface area contributed by atoms with Crippen LogP contribution in [0.5, 0.6) is 0 Å². The number of nitrogens with one attached hydrogen (secondary N) is 2. The maximum absolute atomic E-state index is 5.03. The number of H-pyrrole nitrogens is 2. The molecule has 0 amide bonds.